The van der Waals surface area contributed by atoms with E-state index in [2.05, 4.69) is 15.4 Å². The first-order valence-electron chi connectivity index (χ1n) is 11.2. The normalized spacial score (nSPS) is 14.6. The van der Waals surface area contributed by atoms with E-state index in [1.807, 2.05) is 37.3 Å². The maximum atomic E-state index is 12.6. The quantitative estimate of drug-likeness (QED) is 0.418. The molecule has 0 saturated heterocycles. The number of benzene rings is 3. The second-order valence-corrected chi connectivity index (χ2v) is 10.1. The summed E-state index contributed by atoms with van der Waals surface area (Å²) in [7, 11) is -3.68. The zero-order valence-electron chi connectivity index (χ0n) is 19.5. The van der Waals surface area contributed by atoms with Gasteiger partial charge in [0, 0.05) is 30.8 Å². The van der Waals surface area contributed by atoms with E-state index in [0.717, 1.165) is 11.1 Å². The van der Waals surface area contributed by atoms with Crippen molar-refractivity contribution >= 4 is 27.5 Å². The van der Waals surface area contributed by atoms with Gasteiger partial charge in [-0.05, 0) is 60.9 Å². The highest BCUT2D eigenvalue weighted by Crippen LogP contribution is 2.28. The Hall–Kier alpha value is -3.69. The van der Waals surface area contributed by atoms with E-state index in [9.17, 15) is 18.0 Å². The highest BCUT2D eigenvalue weighted by molar-refractivity contribution is 7.89. The maximum absolute atomic E-state index is 12.6. The van der Waals surface area contributed by atoms with Gasteiger partial charge in [-0.1, -0.05) is 36.4 Å². The number of aryl methyl sites for hydroxylation is 2. The first-order valence-corrected chi connectivity index (χ1v) is 12.7. The first kappa shape index (κ1) is 24.4. The van der Waals surface area contributed by atoms with Gasteiger partial charge in [-0.25, -0.2) is 13.1 Å². The Kier molecular flexibility index (Phi) is 7.18. The zero-order chi connectivity index (χ0) is 25.0. The van der Waals surface area contributed by atoms with Gasteiger partial charge in [0.1, 0.15) is 5.75 Å². The van der Waals surface area contributed by atoms with Crippen LogP contribution in [-0.2, 0) is 21.2 Å². The van der Waals surface area contributed by atoms with Crippen LogP contribution < -0.4 is 20.1 Å². The number of fused-ring (bicyclic) bond motifs is 1. The summed E-state index contributed by atoms with van der Waals surface area (Å²) in [6.45, 7) is 3.71. The molecule has 0 fully saturated rings. The Morgan fingerprint density at radius 2 is 1.77 bits per heavy atom. The fraction of sp³-hybridized carbons (Fsp3) is 0.231. The molecule has 0 aliphatic carbocycles. The molecule has 0 aromatic heterocycles. The Balaban J connectivity index is 1.29. The van der Waals surface area contributed by atoms with Crippen LogP contribution in [0.5, 0.6) is 5.75 Å². The molecule has 0 saturated carbocycles. The fourth-order valence-corrected chi connectivity index (χ4v) is 5.19. The molecule has 1 atom stereocenters. The number of ether oxygens (including phenoxy) is 1. The lowest BCUT2D eigenvalue weighted by molar-refractivity contribution is -0.122. The van der Waals surface area contributed by atoms with E-state index in [-0.39, 0.29) is 29.8 Å². The van der Waals surface area contributed by atoms with E-state index < -0.39 is 16.1 Å². The van der Waals surface area contributed by atoms with Gasteiger partial charge < -0.3 is 15.4 Å². The predicted octanol–water partition coefficient (Wildman–Crippen LogP) is 2.95. The molecule has 3 N–H and O–H groups in total. The van der Waals surface area contributed by atoms with Crippen LogP contribution in [0.4, 0.5) is 5.69 Å². The zero-order valence-corrected chi connectivity index (χ0v) is 20.3. The Morgan fingerprint density at radius 1 is 0.971 bits per heavy atom. The standard InChI is InChI=1S/C26H27N3O5S/c1-17-10-11-18(2)24(14-17)35(32,33)28-13-12-27-25(30)20-7-5-8-21(15-20)29-26(31)23-16-19-6-3-4-9-22(19)34-23/h3-11,14-15,23,28H,12-13,16H2,1-2H3,(H,27,30)(H,29,31). The molecule has 3 aromatic rings. The minimum Gasteiger partial charge on any atom is -0.480 e. The summed E-state index contributed by atoms with van der Waals surface area (Å²) >= 11 is 0. The van der Waals surface area contributed by atoms with Gasteiger partial charge >= 0.3 is 0 Å². The van der Waals surface area contributed by atoms with Crippen molar-refractivity contribution in [1.29, 1.82) is 0 Å². The Labute approximate surface area is 204 Å². The number of sulfonamides is 1. The largest absolute Gasteiger partial charge is 0.480 e. The summed E-state index contributed by atoms with van der Waals surface area (Å²) in [5, 5.41) is 5.49. The Bertz CT molecular complexity index is 1350. The molecule has 9 heteroatoms. The van der Waals surface area contributed by atoms with Gasteiger partial charge in [-0.2, -0.15) is 0 Å². The molecule has 8 nitrogen and oxygen atoms in total. The van der Waals surface area contributed by atoms with Gasteiger partial charge in [0.2, 0.25) is 10.0 Å². The molecule has 0 bridgehead atoms. The highest BCUT2D eigenvalue weighted by Gasteiger charge is 2.28. The monoisotopic (exact) mass is 493 g/mol. The maximum Gasteiger partial charge on any atom is 0.265 e. The van der Waals surface area contributed by atoms with Gasteiger partial charge in [-0.3, -0.25) is 9.59 Å². The average molecular weight is 494 g/mol. The van der Waals surface area contributed by atoms with E-state index >= 15 is 0 Å². The second-order valence-electron chi connectivity index (χ2n) is 8.41. The van der Waals surface area contributed by atoms with Crippen molar-refractivity contribution in [2.45, 2.75) is 31.3 Å². The SMILES string of the molecule is Cc1ccc(C)c(S(=O)(=O)NCCNC(=O)c2cccc(NC(=O)C3Cc4ccccc4O3)c2)c1. The minimum absolute atomic E-state index is 0.0391. The number of carbonyl (C=O) groups excluding carboxylic acids is 2. The summed E-state index contributed by atoms with van der Waals surface area (Å²) < 4.78 is 33.4. The number of anilines is 1. The lowest BCUT2D eigenvalue weighted by atomic mass is 10.1. The van der Waals surface area contributed by atoms with Crippen LogP contribution in [0.2, 0.25) is 0 Å². The van der Waals surface area contributed by atoms with Crippen LogP contribution in [0.3, 0.4) is 0 Å². The third-order valence-corrected chi connectivity index (χ3v) is 7.27. The number of hydrogen-bond donors (Lipinski definition) is 3. The Morgan fingerprint density at radius 3 is 2.57 bits per heavy atom. The highest BCUT2D eigenvalue weighted by atomic mass is 32.2. The third-order valence-electron chi connectivity index (χ3n) is 5.67. The number of carbonyl (C=O) groups is 2. The summed E-state index contributed by atoms with van der Waals surface area (Å²) in [5.41, 5.74) is 3.29. The van der Waals surface area contributed by atoms with Gasteiger partial charge in [0.25, 0.3) is 11.8 Å². The molecular weight excluding hydrogens is 466 g/mol. The number of hydrogen-bond acceptors (Lipinski definition) is 5. The van der Waals surface area contributed by atoms with Gasteiger partial charge in [0.05, 0.1) is 4.90 Å². The summed E-state index contributed by atoms with van der Waals surface area (Å²) in [6, 6.07) is 19.3. The second kappa shape index (κ2) is 10.3. The van der Waals surface area contributed by atoms with Crippen molar-refractivity contribution in [3.05, 3.63) is 89.0 Å². The fourth-order valence-electron chi connectivity index (χ4n) is 3.83. The molecule has 1 heterocycles. The molecule has 0 spiro atoms. The molecule has 182 valence electrons. The van der Waals surface area contributed by atoms with Gasteiger partial charge in [-0.15, -0.1) is 0 Å². The van der Waals surface area contributed by atoms with E-state index in [4.69, 9.17) is 4.74 Å². The lowest BCUT2D eigenvalue weighted by Crippen LogP contribution is -2.35. The molecule has 2 amide bonds. The molecule has 1 unspecified atom stereocenters. The number of nitrogens with one attached hydrogen (secondary N) is 3. The molecule has 1 aliphatic heterocycles. The summed E-state index contributed by atoms with van der Waals surface area (Å²) in [6.07, 6.45) is -0.143. The summed E-state index contributed by atoms with van der Waals surface area (Å²) in [4.78, 5) is 25.4. The summed E-state index contributed by atoms with van der Waals surface area (Å²) in [5.74, 6) is 0.0325. The first-order chi connectivity index (χ1) is 16.7. The van der Waals surface area contributed by atoms with E-state index in [1.165, 1.54) is 0 Å². The van der Waals surface area contributed by atoms with E-state index in [1.54, 1.807) is 43.3 Å². The van der Waals surface area contributed by atoms with Crippen LogP contribution in [-0.4, -0.2) is 39.4 Å². The lowest BCUT2D eigenvalue weighted by Gasteiger charge is -2.13. The molecule has 4 rings (SSSR count). The number of para-hydroxylation sites is 1. The van der Waals surface area contributed by atoms with Crippen LogP contribution in [0, 0.1) is 13.8 Å². The van der Waals surface area contributed by atoms with Crippen LogP contribution >= 0.6 is 0 Å². The van der Waals surface area contributed by atoms with Crippen molar-refractivity contribution in [3.8, 4) is 5.75 Å². The minimum atomic E-state index is -3.68. The molecule has 1 aliphatic rings. The predicted molar refractivity (Wildman–Crippen MR) is 133 cm³/mol. The van der Waals surface area contributed by atoms with Crippen molar-refractivity contribution in [2.75, 3.05) is 18.4 Å². The van der Waals surface area contributed by atoms with Crippen molar-refractivity contribution in [2.24, 2.45) is 0 Å². The molecule has 35 heavy (non-hydrogen) atoms. The van der Waals surface area contributed by atoms with Crippen molar-refractivity contribution < 1.29 is 22.7 Å². The van der Waals surface area contributed by atoms with Crippen molar-refractivity contribution in [3.63, 3.8) is 0 Å². The number of amides is 2. The van der Waals surface area contributed by atoms with Crippen LogP contribution in [0.25, 0.3) is 0 Å². The number of rotatable bonds is 8. The molecule has 0 radical (unpaired) electrons. The van der Waals surface area contributed by atoms with Crippen LogP contribution in [0.1, 0.15) is 27.0 Å². The third kappa shape index (κ3) is 5.87. The topological polar surface area (TPSA) is 114 Å². The van der Waals surface area contributed by atoms with Gasteiger partial charge in [0.15, 0.2) is 6.10 Å². The smallest absolute Gasteiger partial charge is 0.265 e. The van der Waals surface area contributed by atoms with E-state index in [0.29, 0.717) is 29.0 Å². The molecular formula is C26H27N3O5S. The van der Waals surface area contributed by atoms with Crippen molar-refractivity contribution in [1.82, 2.24) is 10.0 Å². The van der Waals surface area contributed by atoms with Crippen LogP contribution in [0.15, 0.2) is 71.6 Å². The average Bonchev–Trinajstić information content (AvgIpc) is 3.28. The molecule has 3 aromatic carbocycles.